The van der Waals surface area contributed by atoms with Gasteiger partial charge in [-0.3, -0.25) is 9.36 Å². The zero-order valence-electron chi connectivity index (χ0n) is 23.0. The predicted octanol–water partition coefficient (Wildman–Crippen LogP) is 6.99. The maximum Gasteiger partial charge on any atom is 0.237 e. The molecule has 7 heteroatoms. The second-order valence-corrected chi connectivity index (χ2v) is 11.6. The van der Waals surface area contributed by atoms with Crippen LogP contribution in [-0.2, 0) is 16.8 Å². The quantitative estimate of drug-likeness (QED) is 0.219. The molecule has 1 aromatic heterocycles. The molecule has 1 amide bonds. The summed E-state index contributed by atoms with van der Waals surface area (Å²) in [5.41, 5.74) is 4.32. The van der Waals surface area contributed by atoms with Crippen molar-refractivity contribution in [2.75, 3.05) is 10.7 Å². The normalized spacial score (nSPS) is 11.6. The summed E-state index contributed by atoms with van der Waals surface area (Å²) in [7, 11) is 0. The minimum absolute atomic E-state index is 0.0198. The van der Waals surface area contributed by atoms with Gasteiger partial charge in [-0.2, -0.15) is 0 Å². The van der Waals surface area contributed by atoms with Crippen LogP contribution in [0.1, 0.15) is 51.6 Å². The van der Waals surface area contributed by atoms with Crippen LogP contribution < -0.4 is 9.64 Å². The van der Waals surface area contributed by atoms with Gasteiger partial charge in [-0.05, 0) is 68.1 Å². The van der Waals surface area contributed by atoms with Crippen LogP contribution in [-0.4, -0.2) is 32.5 Å². The van der Waals surface area contributed by atoms with Gasteiger partial charge >= 0.3 is 0 Å². The van der Waals surface area contributed by atoms with E-state index in [1.807, 2.05) is 77.9 Å². The van der Waals surface area contributed by atoms with Crippen LogP contribution in [0.2, 0.25) is 0 Å². The van der Waals surface area contributed by atoms with Gasteiger partial charge in [-0.15, -0.1) is 10.2 Å². The SMILES string of the molecule is Cc1ccc(-n2c(COc3ccc(C(C)(C)C)cc3)nnc2SCC(=O)N(c2ccccc2)C(C)C)cc1. The number of para-hydroxylation sites is 1. The number of rotatable bonds is 9. The first kappa shape index (κ1) is 27.5. The van der Waals surface area contributed by atoms with Crippen LogP contribution in [0.4, 0.5) is 5.69 Å². The van der Waals surface area contributed by atoms with Crippen LogP contribution in [0.25, 0.3) is 5.69 Å². The van der Waals surface area contributed by atoms with Crippen LogP contribution in [0.3, 0.4) is 0 Å². The van der Waals surface area contributed by atoms with E-state index in [4.69, 9.17) is 4.74 Å². The Kier molecular flexibility index (Phi) is 8.57. The molecule has 38 heavy (non-hydrogen) atoms. The fraction of sp³-hybridized carbons (Fsp3) is 0.323. The number of amides is 1. The van der Waals surface area contributed by atoms with E-state index in [-0.39, 0.29) is 29.7 Å². The van der Waals surface area contributed by atoms with E-state index in [2.05, 4.69) is 62.2 Å². The number of carbonyl (C=O) groups excluding carboxylic acids is 1. The van der Waals surface area contributed by atoms with Crippen molar-refractivity contribution in [3.05, 3.63) is 95.8 Å². The molecule has 0 saturated heterocycles. The summed E-state index contributed by atoms with van der Waals surface area (Å²) in [6.45, 7) is 12.9. The Bertz CT molecular complexity index is 1340. The summed E-state index contributed by atoms with van der Waals surface area (Å²) in [4.78, 5) is 15.1. The minimum Gasteiger partial charge on any atom is -0.486 e. The summed E-state index contributed by atoms with van der Waals surface area (Å²) in [5, 5.41) is 9.55. The Labute approximate surface area is 230 Å². The highest BCUT2D eigenvalue weighted by Gasteiger charge is 2.22. The standard InChI is InChI=1S/C31H36N4O2S/c1-22(2)34(25-10-8-7-9-11-25)29(36)21-38-30-33-32-28(35(30)26-16-12-23(3)13-17-26)20-37-27-18-14-24(15-19-27)31(4,5)6/h7-19,22H,20-21H2,1-6H3. The van der Waals surface area contributed by atoms with Gasteiger partial charge < -0.3 is 9.64 Å². The fourth-order valence-corrected chi connectivity index (χ4v) is 4.98. The van der Waals surface area contributed by atoms with Gasteiger partial charge in [0.05, 0.1) is 5.75 Å². The number of thioether (sulfide) groups is 1. The lowest BCUT2D eigenvalue weighted by atomic mass is 9.87. The van der Waals surface area contributed by atoms with E-state index in [1.165, 1.54) is 22.9 Å². The van der Waals surface area contributed by atoms with Crippen LogP contribution in [0.15, 0.2) is 84.0 Å². The van der Waals surface area contributed by atoms with E-state index in [1.54, 1.807) is 0 Å². The molecule has 0 unspecified atom stereocenters. The van der Waals surface area contributed by atoms with Crippen LogP contribution in [0.5, 0.6) is 5.75 Å². The lowest BCUT2D eigenvalue weighted by Crippen LogP contribution is -2.38. The van der Waals surface area contributed by atoms with Crippen LogP contribution >= 0.6 is 11.8 Å². The molecule has 0 radical (unpaired) electrons. The molecule has 1 heterocycles. The van der Waals surface area contributed by atoms with Gasteiger partial charge in [0.2, 0.25) is 5.91 Å². The number of carbonyl (C=O) groups is 1. The molecule has 6 nitrogen and oxygen atoms in total. The van der Waals surface area contributed by atoms with Crippen molar-refractivity contribution in [2.45, 2.75) is 64.8 Å². The summed E-state index contributed by atoms with van der Waals surface area (Å²) in [6.07, 6.45) is 0. The van der Waals surface area contributed by atoms with Crippen LogP contribution in [0, 0.1) is 6.92 Å². The lowest BCUT2D eigenvalue weighted by Gasteiger charge is -2.26. The third kappa shape index (κ3) is 6.64. The highest BCUT2D eigenvalue weighted by Crippen LogP contribution is 2.27. The van der Waals surface area contributed by atoms with E-state index in [0.717, 1.165) is 17.1 Å². The van der Waals surface area contributed by atoms with E-state index in [0.29, 0.717) is 11.0 Å². The average molecular weight is 529 g/mol. The first-order valence-electron chi connectivity index (χ1n) is 12.9. The number of hydrogen-bond donors (Lipinski definition) is 0. The van der Waals surface area contributed by atoms with Gasteiger partial charge in [0.1, 0.15) is 12.4 Å². The Hall–Kier alpha value is -3.58. The summed E-state index contributed by atoms with van der Waals surface area (Å²) in [6, 6.07) is 26.2. The number of nitrogens with zero attached hydrogens (tertiary/aromatic N) is 4. The number of hydrogen-bond acceptors (Lipinski definition) is 5. The topological polar surface area (TPSA) is 60.2 Å². The Morgan fingerprint density at radius 2 is 1.61 bits per heavy atom. The molecule has 4 rings (SSSR count). The fourth-order valence-electron chi connectivity index (χ4n) is 4.15. The molecule has 3 aromatic carbocycles. The van der Waals surface area contributed by atoms with Crippen molar-refractivity contribution in [3.63, 3.8) is 0 Å². The summed E-state index contributed by atoms with van der Waals surface area (Å²) in [5.74, 6) is 1.71. The highest BCUT2D eigenvalue weighted by atomic mass is 32.2. The van der Waals surface area contributed by atoms with Gasteiger partial charge in [-0.1, -0.05) is 80.6 Å². The van der Waals surface area contributed by atoms with Crippen molar-refractivity contribution >= 4 is 23.4 Å². The molecule has 0 bridgehead atoms. The molecular weight excluding hydrogens is 492 g/mol. The third-order valence-corrected chi connectivity index (χ3v) is 7.14. The van der Waals surface area contributed by atoms with Crippen molar-refractivity contribution in [2.24, 2.45) is 0 Å². The summed E-state index contributed by atoms with van der Waals surface area (Å²) >= 11 is 1.38. The van der Waals surface area contributed by atoms with Crippen molar-refractivity contribution in [1.29, 1.82) is 0 Å². The van der Waals surface area contributed by atoms with E-state index >= 15 is 0 Å². The zero-order valence-corrected chi connectivity index (χ0v) is 23.8. The second-order valence-electron chi connectivity index (χ2n) is 10.6. The maximum absolute atomic E-state index is 13.3. The maximum atomic E-state index is 13.3. The number of aromatic nitrogens is 3. The lowest BCUT2D eigenvalue weighted by molar-refractivity contribution is -0.116. The van der Waals surface area contributed by atoms with Crippen molar-refractivity contribution in [1.82, 2.24) is 14.8 Å². The third-order valence-electron chi connectivity index (χ3n) is 6.23. The molecule has 0 N–H and O–H groups in total. The van der Waals surface area contributed by atoms with Gasteiger partial charge in [0.25, 0.3) is 0 Å². The number of ether oxygens (including phenoxy) is 1. The Balaban J connectivity index is 1.55. The molecule has 0 aliphatic heterocycles. The van der Waals surface area contributed by atoms with Crippen molar-refractivity contribution < 1.29 is 9.53 Å². The molecule has 198 valence electrons. The molecule has 0 saturated carbocycles. The number of anilines is 1. The monoisotopic (exact) mass is 528 g/mol. The predicted molar refractivity (Wildman–Crippen MR) is 155 cm³/mol. The molecule has 0 spiro atoms. The Morgan fingerprint density at radius 3 is 2.21 bits per heavy atom. The molecule has 4 aromatic rings. The molecule has 0 aliphatic carbocycles. The number of aryl methyl sites for hydroxylation is 1. The van der Waals surface area contributed by atoms with Gasteiger partial charge in [0.15, 0.2) is 11.0 Å². The summed E-state index contributed by atoms with van der Waals surface area (Å²) < 4.78 is 8.08. The highest BCUT2D eigenvalue weighted by molar-refractivity contribution is 7.99. The minimum atomic E-state index is 0.0198. The largest absolute Gasteiger partial charge is 0.486 e. The molecular formula is C31H36N4O2S. The number of benzene rings is 3. The smallest absolute Gasteiger partial charge is 0.237 e. The first-order valence-corrected chi connectivity index (χ1v) is 13.9. The molecule has 0 atom stereocenters. The Morgan fingerprint density at radius 1 is 0.947 bits per heavy atom. The second kappa shape index (κ2) is 11.9. The van der Waals surface area contributed by atoms with E-state index in [9.17, 15) is 4.79 Å². The van der Waals surface area contributed by atoms with Gasteiger partial charge in [-0.25, -0.2) is 0 Å². The zero-order chi connectivity index (χ0) is 27.3. The average Bonchev–Trinajstić information content (AvgIpc) is 3.29. The molecule has 0 aliphatic rings. The molecule has 0 fully saturated rings. The van der Waals surface area contributed by atoms with Crippen molar-refractivity contribution in [3.8, 4) is 11.4 Å². The first-order chi connectivity index (χ1) is 18.1. The van der Waals surface area contributed by atoms with Gasteiger partial charge in [0, 0.05) is 17.4 Å². The van der Waals surface area contributed by atoms with E-state index < -0.39 is 0 Å².